The largest absolute Gasteiger partial charge is 0.381 e. The fraction of sp³-hybridized carbons (Fsp3) is 1.00. The molecule has 2 heteroatoms. The molecule has 0 aromatic heterocycles. The van der Waals surface area contributed by atoms with Gasteiger partial charge in [-0.2, -0.15) is 11.8 Å². The fourth-order valence-corrected chi connectivity index (χ4v) is 2.26. The van der Waals surface area contributed by atoms with Crippen molar-refractivity contribution in [1.29, 1.82) is 0 Å². The summed E-state index contributed by atoms with van der Waals surface area (Å²) in [4.78, 5) is 0. The molecule has 54 valence electrons. The van der Waals surface area contributed by atoms with E-state index >= 15 is 0 Å². The molecule has 1 fully saturated rings. The van der Waals surface area contributed by atoms with Crippen LogP contribution >= 0.6 is 11.8 Å². The first kappa shape index (κ1) is 7.42. The lowest BCUT2D eigenvalue weighted by Gasteiger charge is -2.05. The first-order chi connectivity index (χ1) is 4.43. The lowest BCUT2D eigenvalue weighted by molar-refractivity contribution is 0.118. The van der Waals surface area contributed by atoms with Crippen LogP contribution in [-0.2, 0) is 4.74 Å². The van der Waals surface area contributed by atoms with E-state index in [0.717, 1.165) is 19.1 Å². The highest BCUT2D eigenvalue weighted by atomic mass is 32.2. The van der Waals surface area contributed by atoms with Gasteiger partial charge in [-0.25, -0.2) is 0 Å². The molecule has 1 saturated heterocycles. The van der Waals surface area contributed by atoms with Crippen LogP contribution in [0.5, 0.6) is 0 Å². The molecule has 0 aromatic carbocycles. The highest BCUT2D eigenvalue weighted by Crippen LogP contribution is 2.23. The molecule has 0 aliphatic carbocycles. The van der Waals surface area contributed by atoms with Gasteiger partial charge in [0.25, 0.3) is 0 Å². The Balaban J connectivity index is 1.98. The molecule has 1 unspecified atom stereocenters. The summed E-state index contributed by atoms with van der Waals surface area (Å²) in [5, 5.41) is 0. The number of thioether (sulfide) groups is 1. The topological polar surface area (TPSA) is 9.23 Å². The van der Waals surface area contributed by atoms with Gasteiger partial charge in [-0.3, -0.25) is 0 Å². The maximum atomic E-state index is 5.30. The van der Waals surface area contributed by atoms with Crippen LogP contribution in [0.1, 0.15) is 13.3 Å². The van der Waals surface area contributed by atoms with E-state index in [1.54, 1.807) is 0 Å². The first-order valence-corrected chi connectivity index (χ1v) is 4.74. The average Bonchev–Trinajstić information content (AvgIpc) is 2.34. The van der Waals surface area contributed by atoms with Gasteiger partial charge in [0.2, 0.25) is 0 Å². The summed E-state index contributed by atoms with van der Waals surface area (Å²) in [5.41, 5.74) is 0. The molecule has 0 aromatic rings. The minimum absolute atomic E-state index is 0.856. The summed E-state index contributed by atoms with van der Waals surface area (Å²) in [6, 6.07) is 0. The molecule has 1 aliphatic heterocycles. The van der Waals surface area contributed by atoms with Gasteiger partial charge in [0.05, 0.1) is 6.61 Å². The van der Waals surface area contributed by atoms with Crippen LogP contribution < -0.4 is 0 Å². The molecule has 1 aliphatic rings. The normalized spacial score (nSPS) is 27.0. The van der Waals surface area contributed by atoms with E-state index in [2.05, 4.69) is 18.7 Å². The van der Waals surface area contributed by atoms with Crippen LogP contribution in [-0.4, -0.2) is 24.7 Å². The first-order valence-electron chi connectivity index (χ1n) is 3.59. The van der Waals surface area contributed by atoms with E-state index in [1.165, 1.54) is 17.9 Å². The zero-order valence-electron chi connectivity index (χ0n) is 5.93. The van der Waals surface area contributed by atoms with Crippen LogP contribution in [0.2, 0.25) is 0 Å². The maximum Gasteiger partial charge on any atom is 0.0502 e. The van der Waals surface area contributed by atoms with E-state index in [9.17, 15) is 0 Å². The van der Waals surface area contributed by atoms with Crippen molar-refractivity contribution in [2.24, 2.45) is 5.92 Å². The monoisotopic (exact) mass is 146 g/mol. The Hall–Kier alpha value is 0.310. The van der Waals surface area contributed by atoms with Gasteiger partial charge in [0, 0.05) is 6.61 Å². The van der Waals surface area contributed by atoms with Gasteiger partial charge in [-0.1, -0.05) is 0 Å². The van der Waals surface area contributed by atoms with Gasteiger partial charge in [-0.05, 0) is 30.8 Å². The van der Waals surface area contributed by atoms with Gasteiger partial charge >= 0.3 is 0 Å². The maximum absolute atomic E-state index is 5.30. The van der Waals surface area contributed by atoms with Crippen molar-refractivity contribution in [2.45, 2.75) is 13.3 Å². The summed E-state index contributed by atoms with van der Waals surface area (Å²) in [6.45, 7) is 3.92. The molecule has 0 bridgehead atoms. The summed E-state index contributed by atoms with van der Waals surface area (Å²) in [5.74, 6) is 3.52. The minimum atomic E-state index is 0.856. The second-order valence-corrected chi connectivity index (χ2v) is 3.54. The molecular weight excluding hydrogens is 132 g/mol. The summed E-state index contributed by atoms with van der Waals surface area (Å²) in [7, 11) is 0. The minimum Gasteiger partial charge on any atom is -0.381 e. The Morgan fingerprint density at radius 2 is 2.56 bits per heavy atom. The number of rotatable bonds is 3. The van der Waals surface area contributed by atoms with E-state index in [0.29, 0.717) is 0 Å². The molecule has 0 radical (unpaired) electrons. The molecular formula is C7H14OS. The van der Waals surface area contributed by atoms with Crippen molar-refractivity contribution in [1.82, 2.24) is 0 Å². The van der Waals surface area contributed by atoms with Crippen LogP contribution in [0.4, 0.5) is 0 Å². The molecule has 1 nitrogen and oxygen atoms in total. The molecule has 1 atom stereocenters. The van der Waals surface area contributed by atoms with Gasteiger partial charge in [0.15, 0.2) is 0 Å². The number of ether oxygens (including phenoxy) is 1. The molecule has 0 amide bonds. The van der Waals surface area contributed by atoms with Crippen molar-refractivity contribution in [2.75, 3.05) is 24.7 Å². The molecule has 0 spiro atoms. The molecule has 1 rings (SSSR count). The highest BCUT2D eigenvalue weighted by molar-refractivity contribution is 7.99. The number of hydrogen-bond acceptors (Lipinski definition) is 2. The Morgan fingerprint density at radius 1 is 1.67 bits per heavy atom. The van der Waals surface area contributed by atoms with Crippen molar-refractivity contribution in [3.63, 3.8) is 0 Å². The van der Waals surface area contributed by atoms with E-state index < -0.39 is 0 Å². The predicted molar refractivity (Wildman–Crippen MR) is 41.9 cm³/mol. The fourth-order valence-electron chi connectivity index (χ4n) is 0.999. The zero-order valence-corrected chi connectivity index (χ0v) is 6.75. The third kappa shape index (κ3) is 2.59. The van der Waals surface area contributed by atoms with Gasteiger partial charge in [-0.15, -0.1) is 0 Å². The van der Waals surface area contributed by atoms with E-state index in [4.69, 9.17) is 4.74 Å². The molecule has 0 N–H and O–H groups in total. The Bertz CT molecular complexity index is 69.3. The molecule has 9 heavy (non-hydrogen) atoms. The van der Waals surface area contributed by atoms with Crippen molar-refractivity contribution in [3.8, 4) is 0 Å². The Kier molecular flexibility index (Phi) is 3.44. The van der Waals surface area contributed by atoms with Gasteiger partial charge < -0.3 is 4.74 Å². The SMILES string of the molecule is CCOCC1CCSC1. The molecule has 0 saturated carbocycles. The van der Waals surface area contributed by atoms with E-state index in [-0.39, 0.29) is 0 Å². The van der Waals surface area contributed by atoms with Crippen LogP contribution in [0.25, 0.3) is 0 Å². The summed E-state index contributed by atoms with van der Waals surface area (Å²) >= 11 is 2.05. The van der Waals surface area contributed by atoms with Gasteiger partial charge in [0.1, 0.15) is 0 Å². The smallest absolute Gasteiger partial charge is 0.0502 e. The Labute approximate surface area is 61.2 Å². The average molecular weight is 146 g/mol. The lowest BCUT2D eigenvalue weighted by Crippen LogP contribution is -2.07. The number of hydrogen-bond donors (Lipinski definition) is 0. The third-order valence-corrected chi connectivity index (χ3v) is 2.81. The standard InChI is InChI=1S/C7H14OS/c1-2-8-5-7-3-4-9-6-7/h7H,2-6H2,1H3. The lowest BCUT2D eigenvalue weighted by atomic mass is 10.1. The molecule has 1 heterocycles. The highest BCUT2D eigenvalue weighted by Gasteiger charge is 2.14. The predicted octanol–water partition coefficient (Wildman–Crippen LogP) is 1.78. The van der Waals surface area contributed by atoms with Crippen LogP contribution in [0.15, 0.2) is 0 Å². The zero-order chi connectivity index (χ0) is 6.53. The van der Waals surface area contributed by atoms with Crippen molar-refractivity contribution in [3.05, 3.63) is 0 Å². The van der Waals surface area contributed by atoms with Crippen LogP contribution in [0.3, 0.4) is 0 Å². The second-order valence-electron chi connectivity index (χ2n) is 2.39. The second kappa shape index (κ2) is 4.18. The third-order valence-electron chi connectivity index (χ3n) is 1.58. The van der Waals surface area contributed by atoms with Crippen molar-refractivity contribution < 1.29 is 4.74 Å². The summed E-state index contributed by atoms with van der Waals surface area (Å²) < 4.78 is 5.30. The Morgan fingerprint density at radius 3 is 3.11 bits per heavy atom. The van der Waals surface area contributed by atoms with E-state index in [1.807, 2.05) is 0 Å². The van der Waals surface area contributed by atoms with Crippen molar-refractivity contribution >= 4 is 11.8 Å². The van der Waals surface area contributed by atoms with Crippen LogP contribution in [0, 0.1) is 5.92 Å². The quantitative estimate of drug-likeness (QED) is 0.600. The summed E-state index contributed by atoms with van der Waals surface area (Å²) in [6.07, 6.45) is 1.37.